The Labute approximate surface area is 131 Å². The van der Waals surface area contributed by atoms with Crippen molar-refractivity contribution in [2.45, 2.75) is 24.4 Å². The highest BCUT2D eigenvalue weighted by atomic mass is 35.5. The zero-order valence-corrected chi connectivity index (χ0v) is 13.0. The minimum Gasteiger partial charge on any atom is -0.465 e. The van der Waals surface area contributed by atoms with E-state index in [0.717, 1.165) is 5.56 Å². The van der Waals surface area contributed by atoms with Gasteiger partial charge in [-0.15, -0.1) is 10.2 Å². The van der Waals surface area contributed by atoms with Crippen LogP contribution in [-0.4, -0.2) is 27.3 Å². The van der Waals surface area contributed by atoms with Crippen LogP contribution in [0.4, 0.5) is 5.95 Å². The fourth-order valence-electron chi connectivity index (χ4n) is 1.65. The summed E-state index contributed by atoms with van der Waals surface area (Å²) in [5.74, 6) is 0.425. The summed E-state index contributed by atoms with van der Waals surface area (Å²) in [7, 11) is 0. The van der Waals surface area contributed by atoms with Gasteiger partial charge < -0.3 is 10.5 Å². The zero-order valence-electron chi connectivity index (χ0n) is 11.5. The highest BCUT2D eigenvalue weighted by molar-refractivity contribution is 7.98. The smallest absolute Gasteiger partial charge is 0.326 e. The minimum absolute atomic E-state index is 0.00245. The molecule has 1 aromatic carbocycles. The Kier molecular flexibility index (Phi) is 5.46. The third-order valence-corrected chi connectivity index (χ3v) is 4.04. The van der Waals surface area contributed by atoms with E-state index >= 15 is 0 Å². The van der Waals surface area contributed by atoms with Gasteiger partial charge in [0.05, 0.1) is 6.61 Å². The number of rotatable bonds is 6. The number of nitrogen functional groups attached to an aromatic ring is 1. The number of ether oxygens (including phenoxy) is 1. The second kappa shape index (κ2) is 7.33. The quantitative estimate of drug-likeness (QED) is 0.648. The Balaban J connectivity index is 2.07. The lowest BCUT2D eigenvalue weighted by Gasteiger charge is -2.08. The Hall–Kier alpha value is -1.73. The van der Waals surface area contributed by atoms with Crippen LogP contribution in [0, 0.1) is 0 Å². The van der Waals surface area contributed by atoms with Gasteiger partial charge in [0.2, 0.25) is 5.95 Å². The molecule has 112 valence electrons. The van der Waals surface area contributed by atoms with E-state index < -0.39 is 0 Å². The van der Waals surface area contributed by atoms with Crippen molar-refractivity contribution in [2.75, 3.05) is 12.3 Å². The van der Waals surface area contributed by atoms with Gasteiger partial charge in [-0.2, -0.15) is 0 Å². The molecule has 6 nitrogen and oxygen atoms in total. The molecule has 8 heteroatoms. The normalized spacial score (nSPS) is 10.6. The van der Waals surface area contributed by atoms with E-state index in [2.05, 4.69) is 10.2 Å². The molecule has 0 aliphatic heterocycles. The van der Waals surface area contributed by atoms with E-state index in [9.17, 15) is 4.79 Å². The number of carbonyl (C=O) groups excluding carboxylic acids is 1. The van der Waals surface area contributed by atoms with Crippen LogP contribution in [0.2, 0.25) is 5.02 Å². The predicted molar refractivity (Wildman–Crippen MR) is 82.1 cm³/mol. The van der Waals surface area contributed by atoms with Gasteiger partial charge in [-0.1, -0.05) is 41.6 Å². The van der Waals surface area contributed by atoms with E-state index in [1.807, 2.05) is 24.3 Å². The maximum Gasteiger partial charge on any atom is 0.326 e. The first-order valence-electron chi connectivity index (χ1n) is 6.32. The number of hydrogen-bond donors (Lipinski definition) is 1. The number of hydrogen-bond acceptors (Lipinski definition) is 6. The average molecular weight is 327 g/mol. The van der Waals surface area contributed by atoms with Crippen molar-refractivity contribution in [3.63, 3.8) is 0 Å². The number of nitrogens with two attached hydrogens (primary N) is 1. The number of aromatic nitrogens is 3. The number of benzene rings is 1. The molecule has 0 unspecified atom stereocenters. The Morgan fingerprint density at radius 2 is 2.19 bits per heavy atom. The molecule has 1 heterocycles. The second-order valence-corrected chi connectivity index (χ2v) is 5.46. The fourth-order valence-corrected chi connectivity index (χ4v) is 2.88. The van der Waals surface area contributed by atoms with Gasteiger partial charge in [0.25, 0.3) is 0 Å². The van der Waals surface area contributed by atoms with Crippen molar-refractivity contribution in [3.8, 4) is 0 Å². The number of esters is 1. The maximum atomic E-state index is 11.6. The molecule has 2 N–H and O–H groups in total. The topological polar surface area (TPSA) is 83.0 Å². The van der Waals surface area contributed by atoms with Crippen LogP contribution in [0.15, 0.2) is 29.4 Å². The molecule has 0 saturated carbocycles. The summed E-state index contributed by atoms with van der Waals surface area (Å²) in [6.45, 7) is 2.07. The summed E-state index contributed by atoms with van der Waals surface area (Å²) in [6.07, 6.45) is 0. The van der Waals surface area contributed by atoms with Crippen molar-refractivity contribution in [1.82, 2.24) is 14.8 Å². The molecule has 0 aliphatic carbocycles. The number of carbonyl (C=O) groups is 1. The van der Waals surface area contributed by atoms with Gasteiger partial charge in [-0.3, -0.25) is 9.36 Å². The van der Waals surface area contributed by atoms with E-state index in [4.69, 9.17) is 22.1 Å². The molecule has 0 amide bonds. The van der Waals surface area contributed by atoms with Gasteiger partial charge in [0.15, 0.2) is 5.16 Å². The average Bonchev–Trinajstić information content (AvgIpc) is 2.79. The number of halogens is 1. The molecule has 0 saturated heterocycles. The monoisotopic (exact) mass is 326 g/mol. The Morgan fingerprint density at radius 1 is 1.43 bits per heavy atom. The molecule has 0 spiro atoms. The van der Waals surface area contributed by atoms with Gasteiger partial charge in [-0.05, 0) is 18.6 Å². The SMILES string of the molecule is CCOC(=O)Cn1c(N)nnc1SCc1ccccc1Cl. The molecule has 0 aliphatic rings. The van der Waals surface area contributed by atoms with Crippen LogP contribution in [-0.2, 0) is 21.8 Å². The first-order valence-corrected chi connectivity index (χ1v) is 7.68. The molecule has 1 aromatic heterocycles. The Bertz CT molecular complexity index is 632. The summed E-state index contributed by atoms with van der Waals surface area (Å²) in [6, 6.07) is 7.55. The van der Waals surface area contributed by atoms with Gasteiger partial charge in [0, 0.05) is 10.8 Å². The van der Waals surface area contributed by atoms with Gasteiger partial charge in [-0.25, -0.2) is 0 Å². The molecule has 0 radical (unpaired) electrons. The summed E-state index contributed by atoms with van der Waals surface area (Å²) < 4.78 is 6.43. The largest absolute Gasteiger partial charge is 0.465 e. The zero-order chi connectivity index (χ0) is 15.2. The van der Waals surface area contributed by atoms with E-state index in [1.54, 1.807) is 6.92 Å². The third kappa shape index (κ3) is 4.12. The van der Waals surface area contributed by atoms with Crippen molar-refractivity contribution in [1.29, 1.82) is 0 Å². The highest BCUT2D eigenvalue weighted by Crippen LogP contribution is 2.26. The van der Waals surface area contributed by atoms with Crippen molar-refractivity contribution in [3.05, 3.63) is 34.9 Å². The first-order chi connectivity index (χ1) is 10.1. The van der Waals surface area contributed by atoms with E-state index in [0.29, 0.717) is 22.5 Å². The van der Waals surface area contributed by atoms with Crippen molar-refractivity contribution in [2.24, 2.45) is 0 Å². The van der Waals surface area contributed by atoms with Crippen molar-refractivity contribution >= 4 is 35.3 Å². The molecular weight excluding hydrogens is 312 g/mol. The molecule has 21 heavy (non-hydrogen) atoms. The molecule has 0 atom stereocenters. The second-order valence-electron chi connectivity index (χ2n) is 4.11. The molecule has 0 fully saturated rings. The van der Waals surface area contributed by atoms with E-state index in [1.165, 1.54) is 16.3 Å². The van der Waals surface area contributed by atoms with Crippen LogP contribution < -0.4 is 5.73 Å². The standard InChI is InChI=1S/C13H15ClN4O2S/c1-2-20-11(19)7-18-12(15)16-17-13(18)21-8-9-5-3-4-6-10(9)14/h3-6H,2,7-8H2,1H3,(H2,15,16). The van der Waals surface area contributed by atoms with Crippen LogP contribution in [0.3, 0.4) is 0 Å². The number of nitrogens with zero attached hydrogens (tertiary/aromatic N) is 3. The molecule has 2 aromatic rings. The van der Waals surface area contributed by atoms with Crippen LogP contribution in [0.1, 0.15) is 12.5 Å². The van der Waals surface area contributed by atoms with Crippen molar-refractivity contribution < 1.29 is 9.53 Å². The van der Waals surface area contributed by atoms with Crippen LogP contribution >= 0.6 is 23.4 Å². The van der Waals surface area contributed by atoms with Gasteiger partial charge >= 0.3 is 5.97 Å². The molecular formula is C13H15ClN4O2S. The summed E-state index contributed by atoms with van der Waals surface area (Å²) in [5, 5.41) is 9.01. The Morgan fingerprint density at radius 3 is 2.90 bits per heavy atom. The summed E-state index contributed by atoms with van der Waals surface area (Å²) in [5.41, 5.74) is 6.71. The maximum absolute atomic E-state index is 11.6. The number of thioether (sulfide) groups is 1. The molecule has 0 bridgehead atoms. The number of anilines is 1. The van der Waals surface area contributed by atoms with Crippen LogP contribution in [0.25, 0.3) is 0 Å². The molecule has 2 rings (SSSR count). The third-order valence-electron chi connectivity index (χ3n) is 2.65. The predicted octanol–water partition coefficient (Wildman–Crippen LogP) is 2.37. The highest BCUT2D eigenvalue weighted by Gasteiger charge is 2.14. The minimum atomic E-state index is -0.372. The lowest BCUT2D eigenvalue weighted by atomic mass is 10.2. The summed E-state index contributed by atoms with van der Waals surface area (Å²) in [4.78, 5) is 11.6. The fraction of sp³-hybridized carbons (Fsp3) is 0.308. The van der Waals surface area contributed by atoms with Gasteiger partial charge in [0.1, 0.15) is 6.54 Å². The first kappa shape index (κ1) is 15.7. The van der Waals surface area contributed by atoms with Crippen LogP contribution in [0.5, 0.6) is 0 Å². The lowest BCUT2D eigenvalue weighted by Crippen LogP contribution is -2.16. The summed E-state index contributed by atoms with van der Waals surface area (Å²) >= 11 is 7.52. The lowest BCUT2D eigenvalue weighted by molar-refractivity contribution is -0.143. The van der Waals surface area contributed by atoms with E-state index in [-0.39, 0.29) is 18.5 Å².